The second-order valence-corrected chi connectivity index (χ2v) is 7.36. The van der Waals surface area contributed by atoms with Gasteiger partial charge in [-0.05, 0) is 67.7 Å². The summed E-state index contributed by atoms with van der Waals surface area (Å²) >= 11 is 0. The van der Waals surface area contributed by atoms with Crippen LogP contribution in [0.1, 0.15) is 54.9 Å². The van der Waals surface area contributed by atoms with Gasteiger partial charge in [-0.15, -0.1) is 0 Å². The van der Waals surface area contributed by atoms with Crippen LogP contribution in [0.4, 0.5) is 0 Å². The summed E-state index contributed by atoms with van der Waals surface area (Å²) in [5.74, 6) is 0.887. The fourth-order valence-corrected chi connectivity index (χ4v) is 4.52. The molecule has 0 heteroatoms. The van der Waals surface area contributed by atoms with Crippen LogP contribution in [0.15, 0.2) is 36.4 Å². The molecule has 0 nitrogen and oxygen atoms in total. The minimum Gasteiger partial charge on any atom is -0.0625 e. The van der Waals surface area contributed by atoms with Gasteiger partial charge in [-0.25, -0.2) is 0 Å². The van der Waals surface area contributed by atoms with Crippen LogP contribution in [0.3, 0.4) is 0 Å². The highest BCUT2D eigenvalue weighted by molar-refractivity contribution is 5.81. The van der Waals surface area contributed by atoms with Crippen LogP contribution in [-0.4, -0.2) is 0 Å². The Hall–Kier alpha value is -1.56. The zero-order valence-electron chi connectivity index (χ0n) is 13.4. The monoisotopic (exact) mass is 276 g/mol. The molecule has 0 amide bonds. The zero-order chi connectivity index (χ0) is 14.6. The summed E-state index contributed by atoms with van der Waals surface area (Å²) in [7, 11) is 0. The highest BCUT2D eigenvalue weighted by Crippen LogP contribution is 2.56. The topological polar surface area (TPSA) is 0 Å². The summed E-state index contributed by atoms with van der Waals surface area (Å²) in [6, 6.07) is 14.2. The van der Waals surface area contributed by atoms with E-state index in [9.17, 15) is 0 Å². The van der Waals surface area contributed by atoms with E-state index in [4.69, 9.17) is 0 Å². The molecule has 2 aromatic carbocycles. The first-order valence-corrected chi connectivity index (χ1v) is 8.33. The lowest BCUT2D eigenvalue weighted by Crippen LogP contribution is -2.30. The van der Waals surface area contributed by atoms with Crippen molar-refractivity contribution in [3.05, 3.63) is 58.7 Å². The molecule has 0 radical (unpaired) electrons. The van der Waals surface area contributed by atoms with E-state index in [-0.39, 0.29) is 0 Å². The summed E-state index contributed by atoms with van der Waals surface area (Å²) in [5, 5.41) is 0. The van der Waals surface area contributed by atoms with Crippen molar-refractivity contribution in [3.8, 4) is 11.1 Å². The molecule has 0 bridgehead atoms. The fourth-order valence-electron chi connectivity index (χ4n) is 4.52. The van der Waals surface area contributed by atoms with E-state index in [0.717, 1.165) is 5.92 Å². The van der Waals surface area contributed by atoms with Crippen LogP contribution in [0.2, 0.25) is 0 Å². The van der Waals surface area contributed by atoms with Gasteiger partial charge in [0.25, 0.3) is 0 Å². The summed E-state index contributed by atoms with van der Waals surface area (Å²) in [6.07, 6.45) is 5.36. The van der Waals surface area contributed by atoms with Crippen molar-refractivity contribution < 1.29 is 0 Å². The Morgan fingerprint density at radius 3 is 1.76 bits per heavy atom. The Morgan fingerprint density at radius 2 is 1.29 bits per heavy atom. The first-order valence-electron chi connectivity index (χ1n) is 8.33. The molecule has 0 aliphatic heterocycles. The molecule has 2 aliphatic carbocycles. The standard InChI is InChI=1S/C21H24/c1-14-8-10-21(11-9-14)19-12-15(2)4-6-17(19)18-7-5-16(3)13-20(18)21/h4-7,12-14H,8-11H2,1-3H3. The molecular weight excluding hydrogens is 252 g/mol. The van der Waals surface area contributed by atoms with Crippen LogP contribution in [0.5, 0.6) is 0 Å². The maximum absolute atomic E-state index is 2.46. The van der Waals surface area contributed by atoms with Crippen LogP contribution in [0.25, 0.3) is 11.1 Å². The number of fused-ring (bicyclic) bond motifs is 5. The highest BCUT2D eigenvalue weighted by atomic mass is 14.5. The van der Waals surface area contributed by atoms with Crippen molar-refractivity contribution in [2.45, 2.75) is 51.9 Å². The second kappa shape index (κ2) is 4.47. The van der Waals surface area contributed by atoms with Gasteiger partial charge in [-0.1, -0.05) is 54.4 Å². The van der Waals surface area contributed by atoms with Crippen molar-refractivity contribution >= 4 is 0 Å². The van der Waals surface area contributed by atoms with Gasteiger partial charge in [0.05, 0.1) is 0 Å². The molecule has 0 atom stereocenters. The Labute approximate surface area is 128 Å². The molecule has 0 N–H and O–H groups in total. The lowest BCUT2D eigenvalue weighted by molar-refractivity contribution is 0.285. The Bertz CT molecular complexity index is 646. The van der Waals surface area contributed by atoms with E-state index in [1.807, 2.05) is 0 Å². The Morgan fingerprint density at radius 1 is 0.810 bits per heavy atom. The minimum atomic E-state index is 0.301. The summed E-state index contributed by atoms with van der Waals surface area (Å²) in [5.41, 5.74) is 9.29. The lowest BCUT2D eigenvalue weighted by atomic mass is 9.65. The molecule has 108 valence electrons. The summed E-state index contributed by atoms with van der Waals surface area (Å²) in [6.45, 7) is 6.87. The van der Waals surface area contributed by atoms with E-state index in [2.05, 4.69) is 57.2 Å². The van der Waals surface area contributed by atoms with E-state index in [0.29, 0.717) is 5.41 Å². The van der Waals surface area contributed by atoms with E-state index in [1.54, 1.807) is 11.1 Å². The third kappa shape index (κ3) is 1.81. The van der Waals surface area contributed by atoms with Crippen molar-refractivity contribution in [3.63, 3.8) is 0 Å². The van der Waals surface area contributed by atoms with Crippen LogP contribution in [-0.2, 0) is 5.41 Å². The number of aryl methyl sites for hydroxylation is 2. The molecule has 0 saturated heterocycles. The first kappa shape index (κ1) is 13.1. The fraction of sp³-hybridized carbons (Fsp3) is 0.429. The van der Waals surface area contributed by atoms with Gasteiger partial charge in [0.2, 0.25) is 0 Å². The van der Waals surface area contributed by atoms with E-state index < -0.39 is 0 Å². The summed E-state index contributed by atoms with van der Waals surface area (Å²) < 4.78 is 0. The summed E-state index contributed by atoms with van der Waals surface area (Å²) in [4.78, 5) is 0. The molecule has 1 spiro atoms. The average molecular weight is 276 g/mol. The zero-order valence-corrected chi connectivity index (χ0v) is 13.4. The first-order chi connectivity index (χ1) is 10.1. The Balaban J connectivity index is 1.98. The number of rotatable bonds is 0. The van der Waals surface area contributed by atoms with Crippen molar-refractivity contribution in [2.75, 3.05) is 0 Å². The van der Waals surface area contributed by atoms with Gasteiger partial charge in [0.1, 0.15) is 0 Å². The molecule has 0 unspecified atom stereocenters. The molecule has 2 aromatic rings. The average Bonchev–Trinajstić information content (AvgIpc) is 2.72. The molecule has 1 fully saturated rings. The quantitative estimate of drug-likeness (QED) is 0.572. The van der Waals surface area contributed by atoms with E-state index >= 15 is 0 Å². The van der Waals surface area contributed by atoms with Crippen LogP contribution in [0, 0.1) is 19.8 Å². The predicted octanol–water partition coefficient (Wildman–Crippen LogP) is 5.78. The number of benzene rings is 2. The second-order valence-electron chi connectivity index (χ2n) is 7.36. The molecule has 2 aliphatic rings. The molecule has 4 rings (SSSR count). The molecule has 0 heterocycles. The van der Waals surface area contributed by atoms with Crippen molar-refractivity contribution in [2.24, 2.45) is 5.92 Å². The van der Waals surface area contributed by atoms with Gasteiger partial charge in [0, 0.05) is 5.41 Å². The van der Waals surface area contributed by atoms with Crippen LogP contribution < -0.4 is 0 Å². The third-order valence-electron chi connectivity index (χ3n) is 5.80. The molecule has 0 aromatic heterocycles. The van der Waals surface area contributed by atoms with Gasteiger partial charge < -0.3 is 0 Å². The van der Waals surface area contributed by atoms with Crippen LogP contribution >= 0.6 is 0 Å². The normalized spacial score (nSPS) is 19.6. The number of hydrogen-bond acceptors (Lipinski definition) is 0. The predicted molar refractivity (Wildman–Crippen MR) is 89.8 cm³/mol. The highest BCUT2D eigenvalue weighted by Gasteiger charge is 2.44. The van der Waals surface area contributed by atoms with Gasteiger partial charge >= 0.3 is 0 Å². The van der Waals surface area contributed by atoms with Crippen molar-refractivity contribution in [1.82, 2.24) is 0 Å². The van der Waals surface area contributed by atoms with Gasteiger partial charge in [0.15, 0.2) is 0 Å². The van der Waals surface area contributed by atoms with Crippen molar-refractivity contribution in [1.29, 1.82) is 0 Å². The molecule has 1 saturated carbocycles. The molecular formula is C21H24. The van der Waals surface area contributed by atoms with Gasteiger partial charge in [-0.3, -0.25) is 0 Å². The smallest absolute Gasteiger partial charge is 0.0215 e. The maximum Gasteiger partial charge on any atom is 0.0215 e. The SMILES string of the molecule is Cc1ccc2c(c1)C1(CCC(C)CC1)c1cc(C)ccc1-2. The van der Waals surface area contributed by atoms with E-state index in [1.165, 1.54) is 47.9 Å². The lowest BCUT2D eigenvalue weighted by Gasteiger charge is -2.38. The Kier molecular flexibility index (Phi) is 2.79. The van der Waals surface area contributed by atoms with Gasteiger partial charge in [-0.2, -0.15) is 0 Å². The minimum absolute atomic E-state index is 0.301. The largest absolute Gasteiger partial charge is 0.0625 e. The maximum atomic E-state index is 2.46. The number of hydrogen-bond donors (Lipinski definition) is 0. The molecule has 21 heavy (non-hydrogen) atoms. The third-order valence-corrected chi connectivity index (χ3v) is 5.80.